The monoisotopic (exact) mass is 416 g/mol. The zero-order chi connectivity index (χ0) is 21.0. The standard InChI is InChI=1S/C30H56/c1-3-5-7-8-9-10-12-26-15-19-28(20-16-26)30-23-21-29(22-24-30)27-17-13-25(14-18-27)11-6-4-2/h25-30H,3-24H2,1-2H3. The van der Waals surface area contributed by atoms with Crippen molar-refractivity contribution in [2.24, 2.45) is 35.5 Å². The van der Waals surface area contributed by atoms with Crippen molar-refractivity contribution in [1.82, 2.24) is 0 Å². The van der Waals surface area contributed by atoms with Crippen molar-refractivity contribution in [3.63, 3.8) is 0 Å². The normalized spacial score (nSPS) is 35.4. The molecule has 176 valence electrons. The highest BCUT2D eigenvalue weighted by Gasteiger charge is 2.34. The van der Waals surface area contributed by atoms with Gasteiger partial charge in [0, 0.05) is 0 Å². The first kappa shape index (κ1) is 24.6. The van der Waals surface area contributed by atoms with Gasteiger partial charge in [-0.1, -0.05) is 104 Å². The van der Waals surface area contributed by atoms with E-state index in [-0.39, 0.29) is 0 Å². The zero-order valence-electron chi connectivity index (χ0n) is 21.0. The molecule has 0 radical (unpaired) electrons. The third-order valence-corrected chi connectivity index (χ3v) is 9.86. The fraction of sp³-hybridized carbons (Fsp3) is 1.00. The Morgan fingerprint density at radius 2 is 0.700 bits per heavy atom. The van der Waals surface area contributed by atoms with E-state index in [1.807, 2.05) is 0 Å². The van der Waals surface area contributed by atoms with Gasteiger partial charge in [-0.15, -0.1) is 0 Å². The van der Waals surface area contributed by atoms with E-state index < -0.39 is 0 Å². The van der Waals surface area contributed by atoms with Crippen molar-refractivity contribution in [1.29, 1.82) is 0 Å². The summed E-state index contributed by atoms with van der Waals surface area (Å²) in [7, 11) is 0. The maximum absolute atomic E-state index is 2.35. The molecule has 0 nitrogen and oxygen atoms in total. The second kappa shape index (κ2) is 14.2. The van der Waals surface area contributed by atoms with Crippen LogP contribution < -0.4 is 0 Å². The highest BCUT2D eigenvalue weighted by molar-refractivity contribution is 4.86. The molecule has 0 aromatic carbocycles. The largest absolute Gasteiger partial charge is 0.0654 e. The molecular weight excluding hydrogens is 360 g/mol. The SMILES string of the molecule is CCCCCCCCC1CCC(C2CCC(C3CCC(CCCC)CC3)CC2)CC1. The molecule has 3 fully saturated rings. The van der Waals surface area contributed by atoms with Crippen molar-refractivity contribution >= 4 is 0 Å². The van der Waals surface area contributed by atoms with Gasteiger partial charge in [0.2, 0.25) is 0 Å². The maximum atomic E-state index is 2.35. The molecule has 0 heteroatoms. The number of hydrogen-bond acceptors (Lipinski definition) is 0. The Bertz CT molecular complexity index is 402. The van der Waals surface area contributed by atoms with Gasteiger partial charge in [-0.2, -0.15) is 0 Å². The average molecular weight is 417 g/mol. The molecule has 0 aromatic heterocycles. The first-order chi connectivity index (χ1) is 14.8. The second-order valence-corrected chi connectivity index (χ2v) is 11.9. The Morgan fingerprint density at radius 3 is 1.13 bits per heavy atom. The van der Waals surface area contributed by atoms with Crippen molar-refractivity contribution in [3.05, 3.63) is 0 Å². The molecular formula is C30H56. The molecule has 0 aliphatic heterocycles. The summed E-state index contributed by atoms with van der Waals surface area (Å²) in [5, 5.41) is 0. The van der Waals surface area contributed by atoms with Crippen molar-refractivity contribution in [2.45, 2.75) is 155 Å². The summed E-state index contributed by atoms with van der Waals surface area (Å²) < 4.78 is 0. The van der Waals surface area contributed by atoms with Gasteiger partial charge < -0.3 is 0 Å². The molecule has 3 aliphatic carbocycles. The van der Waals surface area contributed by atoms with Crippen molar-refractivity contribution in [2.75, 3.05) is 0 Å². The lowest BCUT2D eigenvalue weighted by Crippen LogP contribution is -2.29. The average Bonchev–Trinajstić information content (AvgIpc) is 2.81. The van der Waals surface area contributed by atoms with Crippen molar-refractivity contribution < 1.29 is 0 Å². The molecule has 0 amide bonds. The third kappa shape index (κ3) is 8.16. The zero-order valence-corrected chi connectivity index (χ0v) is 21.0. The molecule has 0 N–H and O–H groups in total. The highest BCUT2D eigenvalue weighted by atomic mass is 14.4. The van der Waals surface area contributed by atoms with E-state index in [9.17, 15) is 0 Å². The maximum Gasteiger partial charge on any atom is -0.0386 e. The molecule has 0 heterocycles. The van der Waals surface area contributed by atoms with E-state index in [2.05, 4.69) is 13.8 Å². The molecule has 0 unspecified atom stereocenters. The Morgan fingerprint density at radius 1 is 0.367 bits per heavy atom. The smallest absolute Gasteiger partial charge is 0.0386 e. The van der Waals surface area contributed by atoms with Crippen LogP contribution in [0, 0.1) is 35.5 Å². The molecule has 0 spiro atoms. The predicted octanol–water partition coefficient (Wildman–Crippen LogP) is 10.3. The molecule has 3 saturated carbocycles. The minimum absolute atomic E-state index is 1.09. The molecule has 30 heavy (non-hydrogen) atoms. The molecule has 0 aromatic rings. The fourth-order valence-corrected chi connectivity index (χ4v) is 7.69. The lowest BCUT2D eigenvalue weighted by atomic mass is 9.64. The van der Waals surface area contributed by atoms with E-state index in [1.54, 1.807) is 83.5 Å². The van der Waals surface area contributed by atoms with Gasteiger partial charge in [-0.25, -0.2) is 0 Å². The van der Waals surface area contributed by atoms with Crippen LogP contribution in [0.5, 0.6) is 0 Å². The van der Waals surface area contributed by atoms with Gasteiger partial charge in [0.25, 0.3) is 0 Å². The van der Waals surface area contributed by atoms with Crippen LogP contribution in [0.3, 0.4) is 0 Å². The van der Waals surface area contributed by atoms with E-state index >= 15 is 0 Å². The fourth-order valence-electron chi connectivity index (χ4n) is 7.69. The summed E-state index contributed by atoms with van der Waals surface area (Å²) in [5.74, 6) is 6.61. The Labute approximate surface area is 190 Å². The molecule has 3 rings (SSSR count). The van der Waals surface area contributed by atoms with Crippen LogP contribution in [0.15, 0.2) is 0 Å². The lowest BCUT2D eigenvalue weighted by molar-refractivity contribution is 0.102. The second-order valence-electron chi connectivity index (χ2n) is 11.9. The summed E-state index contributed by atoms with van der Waals surface area (Å²) in [6, 6.07) is 0. The lowest BCUT2D eigenvalue weighted by Gasteiger charge is -2.41. The highest BCUT2D eigenvalue weighted by Crippen LogP contribution is 2.46. The molecule has 0 bridgehead atoms. The quantitative estimate of drug-likeness (QED) is 0.277. The Kier molecular flexibility index (Phi) is 11.7. The molecule has 0 saturated heterocycles. The summed E-state index contributed by atoms with van der Waals surface area (Å²) in [6.45, 7) is 4.68. The molecule has 0 atom stereocenters. The van der Waals surface area contributed by atoms with Gasteiger partial charge >= 0.3 is 0 Å². The van der Waals surface area contributed by atoms with E-state index in [4.69, 9.17) is 0 Å². The van der Waals surface area contributed by atoms with E-state index in [0.29, 0.717) is 0 Å². The van der Waals surface area contributed by atoms with E-state index in [1.165, 1.54) is 57.8 Å². The van der Waals surface area contributed by atoms with Crippen LogP contribution in [0.2, 0.25) is 0 Å². The van der Waals surface area contributed by atoms with Crippen LogP contribution >= 0.6 is 0 Å². The van der Waals surface area contributed by atoms with Gasteiger partial charge in [0.15, 0.2) is 0 Å². The first-order valence-electron chi connectivity index (χ1n) is 14.8. The Balaban J connectivity index is 1.25. The summed E-state index contributed by atoms with van der Waals surface area (Å²) in [4.78, 5) is 0. The van der Waals surface area contributed by atoms with Gasteiger partial charge in [0.05, 0.1) is 0 Å². The minimum Gasteiger partial charge on any atom is -0.0654 e. The van der Waals surface area contributed by atoms with Crippen LogP contribution in [0.25, 0.3) is 0 Å². The van der Waals surface area contributed by atoms with Crippen LogP contribution in [0.4, 0.5) is 0 Å². The van der Waals surface area contributed by atoms with Crippen LogP contribution in [-0.2, 0) is 0 Å². The van der Waals surface area contributed by atoms with Gasteiger partial charge in [-0.3, -0.25) is 0 Å². The third-order valence-electron chi connectivity index (χ3n) is 9.86. The van der Waals surface area contributed by atoms with Crippen molar-refractivity contribution in [3.8, 4) is 0 Å². The number of rotatable bonds is 12. The number of hydrogen-bond donors (Lipinski definition) is 0. The van der Waals surface area contributed by atoms with Crippen LogP contribution in [0.1, 0.15) is 155 Å². The summed E-state index contributed by atoms with van der Waals surface area (Å²) in [6.07, 6.45) is 33.7. The number of unbranched alkanes of at least 4 members (excludes halogenated alkanes) is 6. The first-order valence-corrected chi connectivity index (χ1v) is 14.8. The van der Waals surface area contributed by atoms with Gasteiger partial charge in [0.1, 0.15) is 0 Å². The van der Waals surface area contributed by atoms with Gasteiger partial charge in [-0.05, 0) is 86.9 Å². The minimum atomic E-state index is 1.09. The summed E-state index contributed by atoms with van der Waals surface area (Å²) in [5.41, 5.74) is 0. The molecule has 3 aliphatic rings. The summed E-state index contributed by atoms with van der Waals surface area (Å²) >= 11 is 0. The van der Waals surface area contributed by atoms with E-state index in [0.717, 1.165) is 35.5 Å². The topological polar surface area (TPSA) is 0 Å². The Hall–Kier alpha value is 0. The van der Waals surface area contributed by atoms with Crippen LogP contribution in [-0.4, -0.2) is 0 Å². The predicted molar refractivity (Wildman–Crippen MR) is 134 cm³/mol.